The van der Waals surface area contributed by atoms with Crippen molar-refractivity contribution in [3.8, 4) is 0 Å². The second-order valence-corrected chi connectivity index (χ2v) is 9.26. The Morgan fingerprint density at radius 2 is 1.35 bits per heavy atom. The quantitative estimate of drug-likeness (QED) is 0.822. The summed E-state index contributed by atoms with van der Waals surface area (Å²) in [5.74, 6) is 0.188. The van der Waals surface area contributed by atoms with Gasteiger partial charge < -0.3 is 4.90 Å². The van der Waals surface area contributed by atoms with Crippen LogP contribution in [-0.2, 0) is 27.7 Å². The predicted octanol–water partition coefficient (Wildman–Crippen LogP) is 1.70. The van der Waals surface area contributed by atoms with Gasteiger partial charge in [0.15, 0.2) is 9.84 Å². The van der Waals surface area contributed by atoms with Crippen LogP contribution in [0, 0.1) is 0 Å². The maximum atomic E-state index is 12.8. The van der Waals surface area contributed by atoms with Gasteiger partial charge in [-0.1, -0.05) is 60.7 Å². The van der Waals surface area contributed by atoms with Crippen LogP contribution in [-0.4, -0.2) is 54.3 Å². The van der Waals surface area contributed by atoms with Gasteiger partial charge in [-0.05, 0) is 11.1 Å². The highest BCUT2D eigenvalue weighted by Crippen LogP contribution is 2.30. The molecule has 0 N–H and O–H groups in total. The Kier molecular flexibility index (Phi) is 4.54. The van der Waals surface area contributed by atoms with Crippen LogP contribution in [0.5, 0.6) is 0 Å². The summed E-state index contributed by atoms with van der Waals surface area (Å²) in [4.78, 5) is 16.6. The third-order valence-corrected chi connectivity index (χ3v) is 6.94. The van der Waals surface area contributed by atoms with E-state index in [9.17, 15) is 13.2 Å². The van der Waals surface area contributed by atoms with Gasteiger partial charge >= 0.3 is 0 Å². The first-order valence-electron chi connectivity index (χ1n) is 8.84. The van der Waals surface area contributed by atoms with Gasteiger partial charge in [0.05, 0.1) is 24.1 Å². The van der Waals surface area contributed by atoms with E-state index in [1.54, 1.807) is 4.90 Å². The Labute approximate surface area is 154 Å². The van der Waals surface area contributed by atoms with Crippen molar-refractivity contribution < 1.29 is 13.2 Å². The largest absolute Gasteiger partial charge is 0.332 e. The van der Waals surface area contributed by atoms with E-state index in [1.165, 1.54) is 0 Å². The smallest absolute Gasteiger partial charge is 0.237 e. The molecule has 6 heteroatoms. The van der Waals surface area contributed by atoms with Crippen LogP contribution in [0.25, 0.3) is 0 Å². The molecule has 2 atom stereocenters. The van der Waals surface area contributed by atoms with E-state index in [0.717, 1.165) is 11.1 Å². The molecule has 2 fully saturated rings. The highest BCUT2D eigenvalue weighted by Gasteiger charge is 2.49. The van der Waals surface area contributed by atoms with Gasteiger partial charge in [0.25, 0.3) is 0 Å². The normalized spacial score (nSPS) is 25.2. The maximum absolute atomic E-state index is 12.8. The Balaban J connectivity index is 1.60. The number of hydrogen-bond acceptors (Lipinski definition) is 4. The van der Waals surface area contributed by atoms with Crippen LogP contribution in [0.2, 0.25) is 0 Å². The molecule has 2 aromatic rings. The molecule has 0 aliphatic carbocycles. The zero-order valence-corrected chi connectivity index (χ0v) is 15.3. The summed E-state index contributed by atoms with van der Waals surface area (Å²) in [6.07, 6.45) is 0. The number of amides is 1. The van der Waals surface area contributed by atoms with Crippen LogP contribution in [0.15, 0.2) is 60.7 Å². The summed E-state index contributed by atoms with van der Waals surface area (Å²) < 4.78 is 24.7. The number of rotatable bonds is 4. The van der Waals surface area contributed by atoms with Crippen LogP contribution in [0.1, 0.15) is 11.1 Å². The van der Waals surface area contributed by atoms with Gasteiger partial charge in [-0.25, -0.2) is 8.42 Å². The topological polar surface area (TPSA) is 57.7 Å². The Morgan fingerprint density at radius 3 is 1.96 bits per heavy atom. The number of hydrogen-bond donors (Lipinski definition) is 0. The average molecular weight is 370 g/mol. The van der Waals surface area contributed by atoms with E-state index in [4.69, 9.17) is 0 Å². The van der Waals surface area contributed by atoms with Crippen molar-refractivity contribution in [3.05, 3.63) is 71.8 Å². The van der Waals surface area contributed by atoms with Crippen molar-refractivity contribution in [3.63, 3.8) is 0 Å². The van der Waals surface area contributed by atoms with E-state index >= 15 is 0 Å². The zero-order valence-electron chi connectivity index (χ0n) is 14.5. The number of sulfone groups is 1. The van der Waals surface area contributed by atoms with E-state index in [0.29, 0.717) is 13.1 Å². The number of fused-ring (bicyclic) bond motifs is 1. The lowest BCUT2D eigenvalue weighted by molar-refractivity contribution is -0.142. The van der Waals surface area contributed by atoms with Crippen LogP contribution in [0.3, 0.4) is 0 Å². The molecule has 0 unspecified atom stereocenters. The lowest BCUT2D eigenvalue weighted by Crippen LogP contribution is -2.60. The summed E-state index contributed by atoms with van der Waals surface area (Å²) in [5, 5.41) is 0. The van der Waals surface area contributed by atoms with Crippen molar-refractivity contribution >= 4 is 15.7 Å². The summed E-state index contributed by atoms with van der Waals surface area (Å²) in [5.41, 5.74) is 2.13. The van der Waals surface area contributed by atoms with Gasteiger partial charge in [0.1, 0.15) is 0 Å². The molecular formula is C20H22N2O3S. The number of carbonyl (C=O) groups is 1. The first kappa shape index (κ1) is 17.2. The summed E-state index contributed by atoms with van der Waals surface area (Å²) in [7, 11) is -3.14. The maximum Gasteiger partial charge on any atom is 0.237 e. The summed E-state index contributed by atoms with van der Waals surface area (Å²) >= 11 is 0. The third kappa shape index (κ3) is 3.52. The first-order chi connectivity index (χ1) is 12.5. The lowest BCUT2D eigenvalue weighted by Gasteiger charge is -2.43. The van der Waals surface area contributed by atoms with E-state index in [-0.39, 0.29) is 36.0 Å². The van der Waals surface area contributed by atoms with E-state index < -0.39 is 9.84 Å². The van der Waals surface area contributed by atoms with E-state index in [2.05, 4.69) is 0 Å². The Morgan fingerprint density at radius 1 is 0.808 bits per heavy atom. The summed E-state index contributed by atoms with van der Waals surface area (Å²) in [6.45, 7) is 1.33. The SMILES string of the molecule is O=C1CN(Cc2ccccc2)[C@H]2CS(=O)(=O)C[C@@H]2N1Cc1ccccc1. The standard InChI is InChI=1S/C20H22N2O3S/c23-20-13-21(11-16-7-3-1-4-8-16)18-14-26(24,25)15-19(18)22(20)12-17-9-5-2-6-10-17/h1-10,18-19H,11-15H2/t18-,19-/m0/s1. The number of nitrogens with zero attached hydrogens (tertiary/aromatic N) is 2. The van der Waals surface area contributed by atoms with Crippen molar-refractivity contribution in [2.45, 2.75) is 25.2 Å². The van der Waals surface area contributed by atoms with Crippen LogP contribution < -0.4 is 0 Å². The van der Waals surface area contributed by atoms with Gasteiger partial charge in [-0.2, -0.15) is 0 Å². The molecule has 4 rings (SSSR count). The molecule has 26 heavy (non-hydrogen) atoms. The fourth-order valence-corrected chi connectivity index (χ4v) is 6.01. The molecule has 2 saturated heterocycles. The van der Waals surface area contributed by atoms with Crippen molar-refractivity contribution in [2.75, 3.05) is 18.1 Å². The zero-order chi connectivity index (χ0) is 18.1. The van der Waals surface area contributed by atoms with Gasteiger partial charge in [0, 0.05) is 19.1 Å². The van der Waals surface area contributed by atoms with Gasteiger partial charge in [-0.15, -0.1) is 0 Å². The van der Waals surface area contributed by atoms with Gasteiger partial charge in [0.2, 0.25) is 5.91 Å². The fourth-order valence-electron chi connectivity index (χ4n) is 4.00. The average Bonchev–Trinajstić information content (AvgIpc) is 2.96. The van der Waals surface area contributed by atoms with Crippen molar-refractivity contribution in [2.24, 2.45) is 0 Å². The molecule has 0 bridgehead atoms. The predicted molar refractivity (Wildman–Crippen MR) is 100 cm³/mol. The molecular weight excluding hydrogens is 348 g/mol. The molecule has 0 spiro atoms. The Hall–Kier alpha value is -2.18. The van der Waals surface area contributed by atoms with Crippen molar-refractivity contribution in [1.82, 2.24) is 9.80 Å². The second-order valence-electron chi connectivity index (χ2n) is 7.11. The lowest BCUT2D eigenvalue weighted by atomic mass is 10.0. The van der Waals surface area contributed by atoms with Crippen LogP contribution in [0.4, 0.5) is 0 Å². The molecule has 0 saturated carbocycles. The van der Waals surface area contributed by atoms with Gasteiger partial charge in [-0.3, -0.25) is 9.69 Å². The first-order valence-corrected chi connectivity index (χ1v) is 10.7. The van der Waals surface area contributed by atoms with Crippen LogP contribution >= 0.6 is 0 Å². The molecule has 136 valence electrons. The highest BCUT2D eigenvalue weighted by atomic mass is 32.2. The minimum atomic E-state index is -3.14. The number of piperazine rings is 1. The molecule has 5 nitrogen and oxygen atoms in total. The summed E-state index contributed by atoms with van der Waals surface area (Å²) in [6, 6.07) is 19.3. The second kappa shape index (κ2) is 6.85. The molecule has 2 aromatic carbocycles. The minimum absolute atomic E-state index is 0.00290. The highest BCUT2D eigenvalue weighted by molar-refractivity contribution is 7.91. The number of carbonyl (C=O) groups excluding carboxylic acids is 1. The minimum Gasteiger partial charge on any atom is -0.332 e. The fraction of sp³-hybridized carbons (Fsp3) is 0.350. The molecule has 2 aliphatic heterocycles. The molecule has 0 radical (unpaired) electrons. The Bertz CT molecular complexity index is 884. The molecule has 1 amide bonds. The molecule has 2 heterocycles. The monoisotopic (exact) mass is 370 g/mol. The van der Waals surface area contributed by atoms with E-state index in [1.807, 2.05) is 65.6 Å². The number of benzene rings is 2. The van der Waals surface area contributed by atoms with Crippen molar-refractivity contribution in [1.29, 1.82) is 0 Å². The molecule has 0 aromatic heterocycles. The molecule has 2 aliphatic rings. The third-order valence-electron chi connectivity index (χ3n) is 5.25.